The topological polar surface area (TPSA) is 62.3 Å². The van der Waals surface area contributed by atoms with Crippen LogP contribution in [0.1, 0.15) is 27.6 Å². The van der Waals surface area contributed by atoms with Crippen molar-refractivity contribution < 1.29 is 9.59 Å². The maximum Gasteiger partial charge on any atom is 0.259 e. The van der Waals surface area contributed by atoms with Crippen LogP contribution in [0.2, 0.25) is 5.02 Å². The van der Waals surface area contributed by atoms with Gasteiger partial charge in [-0.3, -0.25) is 14.6 Å². The van der Waals surface area contributed by atoms with E-state index in [4.69, 9.17) is 11.6 Å². The van der Waals surface area contributed by atoms with Gasteiger partial charge in [0.05, 0.1) is 11.1 Å². The van der Waals surface area contributed by atoms with Gasteiger partial charge in [0.25, 0.3) is 11.8 Å². The van der Waals surface area contributed by atoms with Crippen LogP contribution in [0.5, 0.6) is 0 Å². The molecule has 0 aliphatic rings. The quantitative estimate of drug-likeness (QED) is 0.701. The molecule has 0 aliphatic heterocycles. The van der Waals surface area contributed by atoms with Crippen LogP contribution < -0.4 is 10.2 Å². The smallest absolute Gasteiger partial charge is 0.259 e. The lowest BCUT2D eigenvalue weighted by Gasteiger charge is -2.21. The molecule has 1 N–H and O–H groups in total. The Labute approximate surface area is 162 Å². The summed E-state index contributed by atoms with van der Waals surface area (Å²) in [6, 6.07) is 17.8. The first kappa shape index (κ1) is 18.6. The van der Waals surface area contributed by atoms with Gasteiger partial charge in [-0.25, -0.2) is 0 Å². The molecular weight excluding hydrogens is 362 g/mol. The fraction of sp³-hybridized carbons (Fsp3) is 0.0952. The number of pyridine rings is 1. The van der Waals surface area contributed by atoms with E-state index in [-0.39, 0.29) is 11.8 Å². The highest BCUT2D eigenvalue weighted by molar-refractivity contribution is 6.31. The van der Waals surface area contributed by atoms with Crippen LogP contribution in [-0.2, 0) is 0 Å². The number of halogens is 1. The molecule has 0 aliphatic carbocycles. The number of amides is 2. The molecule has 0 fully saturated rings. The van der Waals surface area contributed by atoms with Crippen molar-refractivity contribution in [2.45, 2.75) is 6.92 Å². The molecule has 0 spiro atoms. The molecule has 1 aromatic heterocycles. The van der Waals surface area contributed by atoms with Crippen LogP contribution in [0.3, 0.4) is 0 Å². The van der Waals surface area contributed by atoms with Gasteiger partial charge in [0.1, 0.15) is 0 Å². The zero-order valence-corrected chi connectivity index (χ0v) is 15.5. The van der Waals surface area contributed by atoms with Crippen molar-refractivity contribution in [1.29, 1.82) is 0 Å². The Hall–Kier alpha value is -3.18. The van der Waals surface area contributed by atoms with E-state index in [0.29, 0.717) is 28.4 Å². The average molecular weight is 380 g/mol. The van der Waals surface area contributed by atoms with E-state index in [1.807, 2.05) is 37.3 Å². The number of hydrogen-bond acceptors (Lipinski definition) is 3. The maximum atomic E-state index is 12.9. The van der Waals surface area contributed by atoms with Gasteiger partial charge in [-0.15, -0.1) is 0 Å². The van der Waals surface area contributed by atoms with Crippen molar-refractivity contribution in [2.24, 2.45) is 0 Å². The average Bonchev–Trinajstić information content (AvgIpc) is 2.69. The molecule has 0 atom stereocenters. The molecule has 2 amide bonds. The zero-order valence-electron chi connectivity index (χ0n) is 14.7. The number of carbonyl (C=O) groups excluding carboxylic acids is 2. The summed E-state index contributed by atoms with van der Waals surface area (Å²) in [4.78, 5) is 31.1. The minimum Gasteiger partial charge on any atom is -0.322 e. The lowest BCUT2D eigenvalue weighted by Crippen LogP contribution is -2.31. The Morgan fingerprint density at radius 3 is 2.44 bits per heavy atom. The van der Waals surface area contributed by atoms with Gasteiger partial charge in [-0.05, 0) is 43.3 Å². The van der Waals surface area contributed by atoms with E-state index in [9.17, 15) is 9.59 Å². The van der Waals surface area contributed by atoms with Gasteiger partial charge in [0.15, 0.2) is 0 Å². The number of para-hydroxylation sites is 1. The molecule has 27 heavy (non-hydrogen) atoms. The summed E-state index contributed by atoms with van der Waals surface area (Å²) in [6.07, 6.45) is 2.89. The van der Waals surface area contributed by atoms with Crippen LogP contribution in [-0.4, -0.2) is 23.3 Å². The largest absolute Gasteiger partial charge is 0.322 e. The first-order valence-corrected chi connectivity index (χ1v) is 8.85. The van der Waals surface area contributed by atoms with E-state index < -0.39 is 0 Å². The van der Waals surface area contributed by atoms with Crippen molar-refractivity contribution in [3.63, 3.8) is 0 Å². The normalized spacial score (nSPS) is 10.3. The highest BCUT2D eigenvalue weighted by atomic mass is 35.5. The highest BCUT2D eigenvalue weighted by Gasteiger charge is 2.18. The summed E-state index contributed by atoms with van der Waals surface area (Å²) >= 11 is 5.94. The zero-order chi connectivity index (χ0) is 19.2. The number of anilines is 2. The SMILES string of the molecule is CCN(C(=O)c1cncc(C(=O)Nc2cccc(Cl)c2)c1)c1ccccc1. The van der Waals surface area contributed by atoms with Gasteiger partial charge in [-0.2, -0.15) is 0 Å². The van der Waals surface area contributed by atoms with Crippen molar-refractivity contribution in [2.75, 3.05) is 16.8 Å². The summed E-state index contributed by atoms with van der Waals surface area (Å²) in [5.41, 5.74) is 2.01. The van der Waals surface area contributed by atoms with E-state index in [1.165, 1.54) is 12.4 Å². The lowest BCUT2D eigenvalue weighted by atomic mass is 10.1. The van der Waals surface area contributed by atoms with Crippen molar-refractivity contribution in [3.05, 3.63) is 89.2 Å². The molecule has 0 bridgehead atoms. The van der Waals surface area contributed by atoms with E-state index >= 15 is 0 Å². The predicted octanol–water partition coefficient (Wildman–Crippen LogP) is 4.65. The fourth-order valence-electron chi connectivity index (χ4n) is 2.66. The number of rotatable bonds is 5. The Kier molecular flexibility index (Phi) is 5.84. The van der Waals surface area contributed by atoms with Gasteiger partial charge in [0.2, 0.25) is 0 Å². The molecule has 3 rings (SSSR count). The minimum absolute atomic E-state index is 0.214. The van der Waals surface area contributed by atoms with Gasteiger partial charge in [0, 0.05) is 35.3 Å². The monoisotopic (exact) mass is 379 g/mol. The molecule has 3 aromatic rings. The van der Waals surface area contributed by atoms with Gasteiger partial charge >= 0.3 is 0 Å². The third kappa shape index (κ3) is 4.51. The summed E-state index contributed by atoms with van der Waals surface area (Å²) in [5.74, 6) is -0.573. The van der Waals surface area contributed by atoms with E-state index in [2.05, 4.69) is 10.3 Å². The second-order valence-corrected chi connectivity index (χ2v) is 6.25. The lowest BCUT2D eigenvalue weighted by molar-refractivity contribution is 0.0988. The Bertz CT molecular complexity index is 960. The van der Waals surface area contributed by atoms with E-state index in [1.54, 1.807) is 35.2 Å². The Morgan fingerprint density at radius 1 is 1.00 bits per heavy atom. The summed E-state index contributed by atoms with van der Waals surface area (Å²) in [7, 11) is 0. The minimum atomic E-state index is -0.359. The first-order valence-electron chi connectivity index (χ1n) is 8.47. The van der Waals surface area contributed by atoms with Crippen LogP contribution in [0.25, 0.3) is 0 Å². The van der Waals surface area contributed by atoms with Gasteiger partial charge < -0.3 is 10.2 Å². The molecule has 5 nitrogen and oxygen atoms in total. The van der Waals surface area contributed by atoms with Crippen LogP contribution in [0, 0.1) is 0 Å². The number of aromatic nitrogens is 1. The Balaban J connectivity index is 1.82. The number of benzene rings is 2. The highest BCUT2D eigenvalue weighted by Crippen LogP contribution is 2.18. The van der Waals surface area contributed by atoms with Crippen molar-refractivity contribution in [1.82, 2.24) is 4.98 Å². The Morgan fingerprint density at radius 2 is 1.74 bits per heavy atom. The fourth-order valence-corrected chi connectivity index (χ4v) is 2.85. The van der Waals surface area contributed by atoms with Crippen LogP contribution in [0.4, 0.5) is 11.4 Å². The molecule has 6 heteroatoms. The summed E-state index contributed by atoms with van der Waals surface area (Å²) in [6.45, 7) is 2.40. The van der Waals surface area contributed by atoms with Gasteiger partial charge in [-0.1, -0.05) is 35.9 Å². The number of nitrogens with zero attached hydrogens (tertiary/aromatic N) is 2. The first-order chi connectivity index (χ1) is 13.1. The summed E-state index contributed by atoms with van der Waals surface area (Å²) in [5, 5.41) is 3.28. The molecule has 0 saturated heterocycles. The summed E-state index contributed by atoms with van der Waals surface area (Å²) < 4.78 is 0. The van der Waals surface area contributed by atoms with Crippen LogP contribution in [0.15, 0.2) is 73.1 Å². The predicted molar refractivity (Wildman–Crippen MR) is 107 cm³/mol. The standard InChI is InChI=1S/C21H18ClN3O2/c1-2-25(19-9-4-3-5-10-19)21(27)16-11-15(13-23-14-16)20(26)24-18-8-6-7-17(22)12-18/h3-14H,2H2,1H3,(H,24,26). The molecule has 0 radical (unpaired) electrons. The third-order valence-electron chi connectivity index (χ3n) is 3.96. The second-order valence-electron chi connectivity index (χ2n) is 5.81. The van der Waals surface area contributed by atoms with Crippen molar-refractivity contribution >= 4 is 34.8 Å². The third-order valence-corrected chi connectivity index (χ3v) is 4.19. The number of nitrogens with one attached hydrogen (secondary N) is 1. The molecule has 2 aromatic carbocycles. The maximum absolute atomic E-state index is 12.9. The molecule has 1 heterocycles. The molecule has 136 valence electrons. The number of carbonyl (C=O) groups is 2. The number of hydrogen-bond donors (Lipinski definition) is 1. The van der Waals surface area contributed by atoms with Crippen molar-refractivity contribution in [3.8, 4) is 0 Å². The van der Waals surface area contributed by atoms with E-state index in [0.717, 1.165) is 5.69 Å². The second kappa shape index (κ2) is 8.47. The molecule has 0 unspecified atom stereocenters. The van der Waals surface area contributed by atoms with Crippen LogP contribution >= 0.6 is 11.6 Å². The molecular formula is C21H18ClN3O2. The molecule has 0 saturated carbocycles.